The maximum atomic E-state index is 11.8. The Hall–Kier alpha value is -0.220. The minimum atomic E-state index is -0.183. The number of nitrogens with one attached hydrogen (secondary N) is 1. The fourth-order valence-corrected chi connectivity index (χ4v) is 2.79. The lowest BCUT2D eigenvalue weighted by Crippen LogP contribution is -2.41. The van der Waals surface area contributed by atoms with Gasteiger partial charge < -0.3 is 11.1 Å². The van der Waals surface area contributed by atoms with Crippen LogP contribution in [0.5, 0.6) is 0 Å². The van der Waals surface area contributed by atoms with Crippen LogP contribution in [0.4, 0.5) is 0 Å². The number of nitrogens with two attached hydrogens (primary N) is 1. The zero-order valence-electron chi connectivity index (χ0n) is 9.01. The number of carbonyl (C=O) groups is 1. The van der Waals surface area contributed by atoms with Crippen LogP contribution in [-0.4, -0.2) is 29.0 Å². The molecule has 0 aliphatic carbocycles. The van der Waals surface area contributed by atoms with Crippen LogP contribution in [-0.2, 0) is 4.79 Å². The molecule has 3 nitrogen and oxygen atoms in total. The van der Waals surface area contributed by atoms with E-state index >= 15 is 0 Å². The van der Waals surface area contributed by atoms with E-state index in [2.05, 4.69) is 5.32 Å². The monoisotopic (exact) mass is 216 g/mol. The summed E-state index contributed by atoms with van der Waals surface area (Å²) in [5.74, 6) is 1.29. The highest BCUT2D eigenvalue weighted by Gasteiger charge is 2.36. The van der Waals surface area contributed by atoms with E-state index in [1.54, 1.807) is 11.8 Å². The van der Waals surface area contributed by atoms with Crippen LogP contribution in [0.25, 0.3) is 0 Å². The molecule has 0 aromatic rings. The number of rotatable bonds is 4. The molecule has 0 spiro atoms. The van der Waals surface area contributed by atoms with E-state index in [-0.39, 0.29) is 16.7 Å². The molecular formula is C10H20N2OS. The molecule has 1 aliphatic heterocycles. The first-order chi connectivity index (χ1) is 6.54. The van der Waals surface area contributed by atoms with Gasteiger partial charge in [0.2, 0.25) is 5.91 Å². The van der Waals surface area contributed by atoms with Crippen LogP contribution in [0, 0.1) is 0 Å². The Kier molecular flexibility index (Phi) is 4.26. The molecule has 0 aromatic heterocycles. The third kappa shape index (κ3) is 3.17. The minimum absolute atomic E-state index is 0.166. The summed E-state index contributed by atoms with van der Waals surface area (Å²) in [6.45, 7) is 4.69. The smallest absolute Gasteiger partial charge is 0.235 e. The third-order valence-electron chi connectivity index (χ3n) is 2.58. The molecule has 0 saturated carbocycles. The van der Waals surface area contributed by atoms with Gasteiger partial charge in [-0.1, -0.05) is 0 Å². The van der Waals surface area contributed by atoms with Crippen molar-refractivity contribution in [2.75, 3.05) is 12.3 Å². The normalized spacial score (nSPS) is 28.8. The Labute approximate surface area is 90.2 Å². The molecule has 3 N–H and O–H groups in total. The van der Waals surface area contributed by atoms with Gasteiger partial charge >= 0.3 is 0 Å². The van der Waals surface area contributed by atoms with E-state index in [9.17, 15) is 4.79 Å². The van der Waals surface area contributed by atoms with Gasteiger partial charge in [-0.2, -0.15) is 0 Å². The zero-order valence-corrected chi connectivity index (χ0v) is 9.82. The molecule has 1 aliphatic rings. The highest BCUT2D eigenvalue weighted by atomic mass is 32.2. The van der Waals surface area contributed by atoms with E-state index in [0.717, 1.165) is 25.0 Å². The standard InChI is InChI=1S/C10H20N2OS/c1-8(11)4-6-12-9(13)10(2)5-3-7-14-10/h8H,3-7,11H2,1-2H3,(H,12,13). The van der Waals surface area contributed by atoms with Crippen molar-refractivity contribution >= 4 is 17.7 Å². The molecule has 1 rings (SSSR count). The van der Waals surface area contributed by atoms with Gasteiger partial charge in [0.25, 0.3) is 0 Å². The molecule has 1 heterocycles. The highest BCUT2D eigenvalue weighted by molar-refractivity contribution is 8.01. The molecule has 2 atom stereocenters. The summed E-state index contributed by atoms with van der Waals surface area (Å²) in [7, 11) is 0. The van der Waals surface area contributed by atoms with Gasteiger partial charge in [0.05, 0.1) is 4.75 Å². The van der Waals surface area contributed by atoms with Crippen molar-refractivity contribution in [3.05, 3.63) is 0 Å². The molecule has 0 bridgehead atoms. The lowest BCUT2D eigenvalue weighted by atomic mass is 10.0. The molecule has 2 unspecified atom stereocenters. The van der Waals surface area contributed by atoms with E-state index in [0.29, 0.717) is 6.54 Å². The maximum absolute atomic E-state index is 11.8. The predicted octanol–water partition coefficient (Wildman–Crippen LogP) is 1.13. The van der Waals surface area contributed by atoms with Crippen molar-refractivity contribution in [3.63, 3.8) is 0 Å². The highest BCUT2D eigenvalue weighted by Crippen LogP contribution is 2.37. The summed E-state index contributed by atoms with van der Waals surface area (Å²) in [4.78, 5) is 11.8. The van der Waals surface area contributed by atoms with Gasteiger partial charge in [0.15, 0.2) is 0 Å². The summed E-state index contributed by atoms with van der Waals surface area (Å²) in [5.41, 5.74) is 5.61. The average molecular weight is 216 g/mol. The van der Waals surface area contributed by atoms with Crippen LogP contribution >= 0.6 is 11.8 Å². The summed E-state index contributed by atoms with van der Waals surface area (Å²) in [6, 6.07) is 0.166. The molecular weight excluding hydrogens is 196 g/mol. The number of carbonyl (C=O) groups excluding carboxylic acids is 1. The van der Waals surface area contributed by atoms with Crippen LogP contribution in [0.2, 0.25) is 0 Å². The predicted molar refractivity (Wildman–Crippen MR) is 61.4 cm³/mol. The summed E-state index contributed by atoms with van der Waals surface area (Å²) < 4.78 is -0.183. The number of amides is 1. The van der Waals surface area contributed by atoms with Gasteiger partial charge in [0, 0.05) is 12.6 Å². The van der Waals surface area contributed by atoms with Crippen molar-refractivity contribution in [2.24, 2.45) is 5.73 Å². The second-order valence-corrected chi connectivity index (χ2v) is 5.80. The second kappa shape index (κ2) is 5.03. The first kappa shape index (κ1) is 11.9. The maximum Gasteiger partial charge on any atom is 0.235 e. The Balaban J connectivity index is 2.27. The van der Waals surface area contributed by atoms with Crippen LogP contribution in [0.15, 0.2) is 0 Å². The molecule has 4 heteroatoms. The number of hydrogen-bond donors (Lipinski definition) is 2. The number of thioether (sulfide) groups is 1. The van der Waals surface area contributed by atoms with Crippen LogP contribution in [0.3, 0.4) is 0 Å². The third-order valence-corrected chi connectivity index (χ3v) is 4.10. The average Bonchev–Trinajstić information content (AvgIpc) is 2.52. The Morgan fingerprint density at radius 2 is 2.43 bits per heavy atom. The number of hydrogen-bond acceptors (Lipinski definition) is 3. The first-order valence-electron chi connectivity index (χ1n) is 5.22. The van der Waals surface area contributed by atoms with Gasteiger partial charge in [-0.3, -0.25) is 4.79 Å². The van der Waals surface area contributed by atoms with Gasteiger partial charge in [-0.15, -0.1) is 11.8 Å². The Bertz CT molecular complexity index is 200. The molecule has 14 heavy (non-hydrogen) atoms. The SMILES string of the molecule is CC(N)CCNC(=O)C1(C)CCCS1. The summed E-state index contributed by atoms with van der Waals surface area (Å²) >= 11 is 1.77. The Morgan fingerprint density at radius 3 is 2.93 bits per heavy atom. The van der Waals surface area contributed by atoms with Crippen molar-refractivity contribution in [3.8, 4) is 0 Å². The molecule has 0 aromatic carbocycles. The van der Waals surface area contributed by atoms with Gasteiger partial charge in [-0.25, -0.2) is 0 Å². The van der Waals surface area contributed by atoms with E-state index in [4.69, 9.17) is 5.73 Å². The zero-order chi connectivity index (χ0) is 10.6. The molecule has 1 saturated heterocycles. The van der Waals surface area contributed by atoms with E-state index in [1.807, 2.05) is 13.8 Å². The molecule has 1 fully saturated rings. The Morgan fingerprint density at radius 1 is 1.71 bits per heavy atom. The lowest BCUT2D eigenvalue weighted by Gasteiger charge is -2.21. The largest absolute Gasteiger partial charge is 0.355 e. The van der Waals surface area contributed by atoms with Crippen LogP contribution in [0.1, 0.15) is 33.1 Å². The van der Waals surface area contributed by atoms with Crippen molar-refractivity contribution in [2.45, 2.75) is 43.9 Å². The van der Waals surface area contributed by atoms with Crippen LogP contribution < -0.4 is 11.1 Å². The topological polar surface area (TPSA) is 55.1 Å². The van der Waals surface area contributed by atoms with Gasteiger partial charge in [-0.05, 0) is 38.9 Å². The summed E-state index contributed by atoms with van der Waals surface area (Å²) in [6.07, 6.45) is 3.01. The van der Waals surface area contributed by atoms with E-state index in [1.165, 1.54) is 0 Å². The van der Waals surface area contributed by atoms with Crippen molar-refractivity contribution in [1.82, 2.24) is 5.32 Å². The minimum Gasteiger partial charge on any atom is -0.355 e. The quantitative estimate of drug-likeness (QED) is 0.740. The second-order valence-electron chi connectivity index (χ2n) is 4.20. The fourth-order valence-electron chi connectivity index (χ4n) is 1.56. The molecule has 1 amide bonds. The molecule has 82 valence electrons. The van der Waals surface area contributed by atoms with E-state index < -0.39 is 0 Å². The van der Waals surface area contributed by atoms with Crippen molar-refractivity contribution in [1.29, 1.82) is 0 Å². The molecule has 0 radical (unpaired) electrons. The lowest BCUT2D eigenvalue weighted by molar-refractivity contribution is -0.123. The summed E-state index contributed by atoms with van der Waals surface area (Å²) in [5, 5.41) is 2.96. The van der Waals surface area contributed by atoms with Crippen molar-refractivity contribution < 1.29 is 4.79 Å². The van der Waals surface area contributed by atoms with Gasteiger partial charge in [0.1, 0.15) is 0 Å². The first-order valence-corrected chi connectivity index (χ1v) is 6.21. The fraction of sp³-hybridized carbons (Fsp3) is 0.900.